The molecule has 41 heavy (non-hydrogen) atoms. The summed E-state index contributed by atoms with van der Waals surface area (Å²) >= 11 is 18.7. The third kappa shape index (κ3) is 5.40. The normalized spacial score (nSPS) is 16.7. The Kier molecular flexibility index (Phi) is 7.67. The van der Waals surface area contributed by atoms with Gasteiger partial charge in [0, 0.05) is 63.1 Å². The molecule has 9 heteroatoms. The Morgan fingerprint density at radius 2 is 1.71 bits per heavy atom. The number of carbonyl (C=O) groups excluding carboxylic acids is 1. The fraction of sp³-hybridized carbons (Fsp3) is 0.156. The summed E-state index contributed by atoms with van der Waals surface area (Å²) in [5, 5.41) is 9.92. The number of hydrogen-bond acceptors (Lipinski definition) is 4. The quantitative estimate of drug-likeness (QED) is 0.239. The van der Waals surface area contributed by atoms with E-state index in [2.05, 4.69) is 46.0 Å². The molecule has 0 saturated heterocycles. The summed E-state index contributed by atoms with van der Waals surface area (Å²) in [5.41, 5.74) is 4.61. The minimum atomic E-state index is -0.999. The van der Waals surface area contributed by atoms with Crippen LogP contribution in [0.15, 0.2) is 96.1 Å². The van der Waals surface area contributed by atoms with Crippen molar-refractivity contribution < 1.29 is 4.79 Å². The molecule has 0 bridgehead atoms. The standard InChI is InChI=1S/C32H27Cl2N5OS/c1-38-27-15-13-20(33)19-24(27)29(23-11-5-6-12-25(23)34)36-30(31(38)40)37-32(41)35-26-14-16-28(39-17-7-2-8-18-39)22-10-4-3-9-21(22)26/h3-7,9-17,19,30H,2,8,18H2,1H3,(H2,35,37,41). The minimum Gasteiger partial charge on any atom is -0.348 e. The molecule has 0 fully saturated rings. The van der Waals surface area contributed by atoms with E-state index in [1.54, 1.807) is 30.1 Å². The largest absolute Gasteiger partial charge is 0.348 e. The Morgan fingerprint density at radius 1 is 0.951 bits per heavy atom. The van der Waals surface area contributed by atoms with Crippen LogP contribution in [-0.2, 0) is 4.79 Å². The molecule has 2 N–H and O–H groups in total. The molecule has 6 nitrogen and oxygen atoms in total. The van der Waals surface area contributed by atoms with Gasteiger partial charge in [-0.1, -0.05) is 71.7 Å². The first-order valence-electron chi connectivity index (χ1n) is 13.3. The molecular formula is C32H27Cl2N5OS. The van der Waals surface area contributed by atoms with Crippen LogP contribution in [0, 0.1) is 0 Å². The van der Waals surface area contributed by atoms with Gasteiger partial charge in [-0.05, 0) is 61.5 Å². The number of thiocarbonyl (C=S) groups is 1. The average molecular weight is 601 g/mol. The number of hydrogen-bond donors (Lipinski definition) is 2. The predicted molar refractivity (Wildman–Crippen MR) is 175 cm³/mol. The molecule has 2 aliphatic heterocycles. The number of likely N-dealkylation sites (N-methyl/N-ethyl adjacent to an activating group) is 1. The van der Waals surface area contributed by atoms with Crippen molar-refractivity contribution in [1.82, 2.24) is 5.32 Å². The van der Waals surface area contributed by atoms with Crippen molar-refractivity contribution in [3.63, 3.8) is 0 Å². The molecule has 6 rings (SSSR count). The Labute approximate surface area is 254 Å². The lowest BCUT2D eigenvalue weighted by Gasteiger charge is -2.26. The van der Waals surface area contributed by atoms with Gasteiger partial charge in [-0.15, -0.1) is 0 Å². The molecule has 4 aromatic carbocycles. The number of aliphatic imine (C=N–C) groups is 1. The molecule has 2 heterocycles. The zero-order valence-corrected chi connectivity index (χ0v) is 24.6. The van der Waals surface area contributed by atoms with E-state index in [0.29, 0.717) is 32.6 Å². The monoisotopic (exact) mass is 599 g/mol. The number of allylic oxidation sites excluding steroid dienone is 1. The highest BCUT2D eigenvalue weighted by Gasteiger charge is 2.31. The van der Waals surface area contributed by atoms with Crippen LogP contribution in [0.5, 0.6) is 0 Å². The fourth-order valence-electron chi connectivity index (χ4n) is 5.29. The fourth-order valence-corrected chi connectivity index (χ4v) is 5.91. The van der Waals surface area contributed by atoms with E-state index in [9.17, 15) is 4.79 Å². The number of rotatable bonds is 4. The van der Waals surface area contributed by atoms with E-state index in [0.717, 1.165) is 41.5 Å². The number of carbonyl (C=O) groups is 1. The van der Waals surface area contributed by atoms with Gasteiger partial charge >= 0.3 is 0 Å². The topological polar surface area (TPSA) is 60.0 Å². The molecule has 0 radical (unpaired) electrons. The van der Waals surface area contributed by atoms with Crippen molar-refractivity contribution >= 4 is 80.0 Å². The summed E-state index contributed by atoms with van der Waals surface area (Å²) in [6, 6.07) is 25.1. The third-order valence-corrected chi connectivity index (χ3v) is 8.09. The van der Waals surface area contributed by atoms with Crippen LogP contribution < -0.4 is 20.4 Å². The lowest BCUT2D eigenvalue weighted by atomic mass is 10.00. The van der Waals surface area contributed by atoms with Gasteiger partial charge in [0.15, 0.2) is 5.11 Å². The Morgan fingerprint density at radius 3 is 2.49 bits per heavy atom. The van der Waals surface area contributed by atoms with Crippen LogP contribution in [0.4, 0.5) is 17.1 Å². The van der Waals surface area contributed by atoms with Gasteiger partial charge < -0.3 is 20.4 Å². The number of benzene rings is 4. The van der Waals surface area contributed by atoms with Crippen LogP contribution in [-0.4, -0.2) is 36.5 Å². The summed E-state index contributed by atoms with van der Waals surface area (Å²) in [7, 11) is 1.71. The molecular weight excluding hydrogens is 573 g/mol. The van der Waals surface area contributed by atoms with Gasteiger partial charge in [-0.2, -0.15) is 0 Å². The van der Waals surface area contributed by atoms with Gasteiger partial charge in [-0.25, -0.2) is 4.99 Å². The Hall–Kier alpha value is -3.91. The molecule has 0 spiro atoms. The summed E-state index contributed by atoms with van der Waals surface area (Å²) in [6.07, 6.45) is 5.57. The minimum absolute atomic E-state index is 0.267. The molecule has 0 aliphatic carbocycles. The first-order chi connectivity index (χ1) is 19.9. The first-order valence-corrected chi connectivity index (χ1v) is 14.5. The van der Waals surface area contributed by atoms with E-state index in [-0.39, 0.29) is 11.0 Å². The van der Waals surface area contributed by atoms with Crippen molar-refractivity contribution in [1.29, 1.82) is 0 Å². The summed E-state index contributed by atoms with van der Waals surface area (Å²) in [4.78, 5) is 22.4. The maximum Gasteiger partial charge on any atom is 0.272 e. The van der Waals surface area contributed by atoms with Gasteiger partial charge in [0.05, 0.1) is 11.4 Å². The van der Waals surface area contributed by atoms with Crippen LogP contribution in [0.2, 0.25) is 10.0 Å². The molecule has 2 aliphatic rings. The summed E-state index contributed by atoms with van der Waals surface area (Å²) in [5.74, 6) is -0.267. The van der Waals surface area contributed by atoms with Crippen LogP contribution >= 0.6 is 35.4 Å². The van der Waals surface area contributed by atoms with E-state index in [1.807, 2.05) is 42.5 Å². The lowest BCUT2D eigenvalue weighted by Crippen LogP contribution is -2.47. The summed E-state index contributed by atoms with van der Waals surface area (Å²) in [6.45, 7) is 0.976. The van der Waals surface area contributed by atoms with E-state index in [4.69, 9.17) is 40.4 Å². The number of benzodiazepines with no additional fused rings is 1. The van der Waals surface area contributed by atoms with Crippen molar-refractivity contribution in [2.24, 2.45) is 4.99 Å². The number of fused-ring (bicyclic) bond motifs is 2. The van der Waals surface area contributed by atoms with E-state index >= 15 is 0 Å². The Bertz CT molecular complexity index is 1740. The predicted octanol–water partition coefficient (Wildman–Crippen LogP) is 7.39. The number of amides is 1. The third-order valence-electron chi connectivity index (χ3n) is 7.31. The van der Waals surface area contributed by atoms with Crippen LogP contribution in [0.1, 0.15) is 24.0 Å². The second-order valence-corrected chi connectivity index (χ2v) is 11.2. The zero-order chi connectivity index (χ0) is 28.5. The molecule has 4 aromatic rings. The molecule has 0 saturated carbocycles. The number of nitrogens with zero attached hydrogens (tertiary/aromatic N) is 3. The van der Waals surface area contributed by atoms with Crippen molar-refractivity contribution in [3.8, 4) is 0 Å². The van der Waals surface area contributed by atoms with E-state index < -0.39 is 6.17 Å². The van der Waals surface area contributed by atoms with Crippen LogP contribution in [0.3, 0.4) is 0 Å². The van der Waals surface area contributed by atoms with Gasteiger partial charge in [-0.3, -0.25) is 4.79 Å². The molecule has 0 aromatic heterocycles. The highest BCUT2D eigenvalue weighted by atomic mass is 35.5. The van der Waals surface area contributed by atoms with Gasteiger partial charge in [0.1, 0.15) is 0 Å². The smallest absolute Gasteiger partial charge is 0.272 e. The number of anilines is 3. The van der Waals surface area contributed by atoms with Gasteiger partial charge in [0.2, 0.25) is 6.17 Å². The zero-order valence-electron chi connectivity index (χ0n) is 22.3. The maximum atomic E-state index is 13.7. The SMILES string of the molecule is CN1C(=O)C(NC(=S)Nc2ccc(N3C=CCCC3)c3ccccc23)N=C(c2ccccc2Cl)c2cc(Cl)ccc21. The van der Waals surface area contributed by atoms with Crippen molar-refractivity contribution in [3.05, 3.63) is 112 Å². The van der Waals surface area contributed by atoms with E-state index in [1.165, 1.54) is 0 Å². The second-order valence-electron chi connectivity index (χ2n) is 9.92. The van der Waals surface area contributed by atoms with Crippen LogP contribution in [0.25, 0.3) is 10.8 Å². The highest BCUT2D eigenvalue weighted by Crippen LogP contribution is 2.34. The lowest BCUT2D eigenvalue weighted by molar-refractivity contribution is -0.119. The molecule has 206 valence electrons. The molecule has 1 unspecified atom stereocenters. The maximum absolute atomic E-state index is 13.7. The summed E-state index contributed by atoms with van der Waals surface area (Å²) < 4.78 is 0. The number of halogens is 2. The highest BCUT2D eigenvalue weighted by molar-refractivity contribution is 7.80. The number of nitrogens with one attached hydrogen (secondary N) is 2. The van der Waals surface area contributed by atoms with Crippen molar-refractivity contribution in [2.75, 3.05) is 28.7 Å². The second kappa shape index (κ2) is 11.5. The average Bonchev–Trinajstić information content (AvgIpc) is 3.08. The molecule has 1 amide bonds. The van der Waals surface area contributed by atoms with Gasteiger partial charge in [0.25, 0.3) is 5.91 Å². The Balaban J connectivity index is 1.34. The van der Waals surface area contributed by atoms with Crippen molar-refractivity contribution in [2.45, 2.75) is 19.0 Å². The first kappa shape index (κ1) is 27.3. The molecule has 1 atom stereocenters.